The lowest BCUT2D eigenvalue weighted by Crippen LogP contribution is -2.46. The van der Waals surface area contributed by atoms with Gasteiger partial charge in [0.05, 0.1) is 25.2 Å². The highest BCUT2D eigenvalue weighted by Crippen LogP contribution is 2.15. The summed E-state index contributed by atoms with van der Waals surface area (Å²) in [5, 5.41) is 23.6. The maximum absolute atomic E-state index is 13.1. The molecule has 6 nitrogen and oxygen atoms in total. The number of hydrogen-bond acceptors (Lipinski definition) is 5. The van der Waals surface area contributed by atoms with E-state index in [1.807, 2.05) is 12.2 Å². The number of aliphatic hydroxyl groups is 2. The van der Waals surface area contributed by atoms with Gasteiger partial charge in [-0.1, -0.05) is 189 Å². The molecule has 0 spiro atoms. The molecule has 0 radical (unpaired) electrons. The number of unbranched alkanes of at least 4 members (excludes halogenated alkanes) is 15. The topological polar surface area (TPSA) is 95.9 Å². The third-order valence-electron chi connectivity index (χ3n) is 9.96. The fourth-order valence-corrected chi connectivity index (χ4v) is 6.42. The molecule has 0 aliphatic rings. The number of nitrogens with one attached hydrogen (secondary N) is 1. The summed E-state index contributed by atoms with van der Waals surface area (Å²) >= 11 is 0. The predicted octanol–water partition coefficient (Wildman–Crippen LogP) is 13.6. The molecule has 0 rings (SSSR count). The Hall–Kier alpha value is -2.96. The normalized spacial score (nSPS) is 14.1. The molecule has 0 saturated heterocycles. The number of carbonyl (C=O) groups excluding carboxylic acids is 2. The molecule has 0 aromatic heterocycles. The number of carbonyl (C=O) groups is 2. The van der Waals surface area contributed by atoms with Crippen LogP contribution in [-0.4, -0.2) is 46.9 Å². The van der Waals surface area contributed by atoms with Gasteiger partial charge in [-0.3, -0.25) is 9.59 Å². The van der Waals surface area contributed by atoms with E-state index in [1.54, 1.807) is 0 Å². The predicted molar refractivity (Wildman–Crippen MR) is 245 cm³/mol. The first kappa shape index (κ1) is 54.0. The van der Waals surface area contributed by atoms with Gasteiger partial charge in [0.25, 0.3) is 0 Å². The highest BCUT2D eigenvalue weighted by Gasteiger charge is 2.23. The van der Waals surface area contributed by atoms with E-state index in [1.165, 1.54) is 64.2 Å². The maximum atomic E-state index is 13.1. The number of allylic oxidation sites excluding steroid dienone is 13. The molecule has 57 heavy (non-hydrogen) atoms. The van der Waals surface area contributed by atoms with Gasteiger partial charge >= 0.3 is 5.97 Å². The van der Waals surface area contributed by atoms with Crippen molar-refractivity contribution < 1.29 is 24.5 Å². The molecule has 0 heterocycles. The molecule has 3 unspecified atom stereocenters. The molecule has 0 aromatic carbocycles. The lowest BCUT2D eigenvalue weighted by atomic mass is 10.0. The second kappa shape index (κ2) is 44.1. The molecule has 0 aliphatic heterocycles. The van der Waals surface area contributed by atoms with Crippen molar-refractivity contribution in [3.05, 3.63) is 85.1 Å². The Labute approximate surface area is 351 Å². The van der Waals surface area contributed by atoms with Gasteiger partial charge in [-0.25, -0.2) is 0 Å². The largest absolute Gasteiger partial charge is 0.461 e. The summed E-state index contributed by atoms with van der Waals surface area (Å²) in [4.78, 5) is 26.0. The van der Waals surface area contributed by atoms with Gasteiger partial charge in [0.15, 0.2) is 0 Å². The Balaban J connectivity index is 4.81. The lowest BCUT2D eigenvalue weighted by Gasteiger charge is -2.24. The van der Waals surface area contributed by atoms with Crippen LogP contribution < -0.4 is 5.32 Å². The standard InChI is InChI=1S/C51H87NO5/c1-4-7-10-13-16-19-21-23-25-26-28-31-33-36-39-42-47(57-51(56)44-41-38-35-32-29-27-24-22-20-17-14-11-8-5-2)45-50(55)52-48(46-53)49(54)43-40-37-34-30-18-15-12-9-6-3/h8,11,16-17,19-20,23-25,27-28,31,36,39,47-49,53-54H,4-7,9-10,12-15,18,21-22,26,29-30,32-35,37-38,40-46H2,1-3H3,(H,52,55)/b11-8+,19-16-,20-17+,25-23-,27-24+,31-28-,39-36-. The molecule has 3 atom stereocenters. The van der Waals surface area contributed by atoms with Gasteiger partial charge in [-0.15, -0.1) is 0 Å². The van der Waals surface area contributed by atoms with E-state index in [4.69, 9.17) is 4.74 Å². The fourth-order valence-electron chi connectivity index (χ4n) is 6.42. The molecular weight excluding hydrogens is 707 g/mol. The third kappa shape index (κ3) is 39.6. The monoisotopic (exact) mass is 794 g/mol. The minimum Gasteiger partial charge on any atom is -0.461 e. The van der Waals surface area contributed by atoms with Crippen LogP contribution in [0.2, 0.25) is 0 Å². The zero-order valence-electron chi connectivity index (χ0n) is 36.9. The zero-order chi connectivity index (χ0) is 41.7. The quantitative estimate of drug-likeness (QED) is 0.0326. The van der Waals surface area contributed by atoms with Crippen LogP contribution in [0.25, 0.3) is 0 Å². The molecule has 326 valence electrons. The van der Waals surface area contributed by atoms with Crippen molar-refractivity contribution in [3.63, 3.8) is 0 Å². The summed E-state index contributed by atoms with van der Waals surface area (Å²) in [6, 6.07) is -0.737. The summed E-state index contributed by atoms with van der Waals surface area (Å²) in [5.74, 6) is -0.612. The van der Waals surface area contributed by atoms with Crippen LogP contribution in [0.3, 0.4) is 0 Å². The van der Waals surface area contributed by atoms with Crippen LogP contribution in [0.5, 0.6) is 0 Å². The van der Waals surface area contributed by atoms with Crippen LogP contribution in [0.4, 0.5) is 0 Å². The molecule has 0 fully saturated rings. The molecule has 0 aliphatic carbocycles. The van der Waals surface area contributed by atoms with Gasteiger partial charge < -0.3 is 20.3 Å². The van der Waals surface area contributed by atoms with Crippen molar-refractivity contribution in [1.29, 1.82) is 0 Å². The first-order chi connectivity index (χ1) is 28.0. The number of esters is 1. The second-order valence-electron chi connectivity index (χ2n) is 15.4. The minimum absolute atomic E-state index is 0.0119. The maximum Gasteiger partial charge on any atom is 0.306 e. The van der Waals surface area contributed by atoms with Crippen molar-refractivity contribution in [2.24, 2.45) is 0 Å². The van der Waals surface area contributed by atoms with Crippen molar-refractivity contribution in [2.45, 2.75) is 219 Å². The summed E-state index contributed by atoms with van der Waals surface area (Å²) in [7, 11) is 0. The highest BCUT2D eigenvalue weighted by molar-refractivity contribution is 5.77. The van der Waals surface area contributed by atoms with E-state index in [9.17, 15) is 19.8 Å². The van der Waals surface area contributed by atoms with E-state index >= 15 is 0 Å². The number of hydrogen-bond donors (Lipinski definition) is 3. The summed E-state index contributed by atoms with van der Waals surface area (Å²) < 4.78 is 5.83. The average molecular weight is 794 g/mol. The number of aliphatic hydroxyl groups excluding tert-OH is 2. The summed E-state index contributed by atoms with van der Waals surface area (Å²) in [6.07, 6.45) is 56.6. The Kier molecular flexibility index (Phi) is 41.9. The van der Waals surface area contributed by atoms with E-state index < -0.39 is 18.2 Å². The smallest absolute Gasteiger partial charge is 0.306 e. The van der Waals surface area contributed by atoms with Crippen LogP contribution in [0.1, 0.15) is 201 Å². The van der Waals surface area contributed by atoms with Crippen LogP contribution in [0.15, 0.2) is 85.1 Å². The number of ether oxygens (including phenoxy) is 1. The molecule has 0 saturated carbocycles. The lowest BCUT2D eigenvalue weighted by molar-refractivity contribution is -0.150. The molecule has 1 amide bonds. The molecule has 6 heteroatoms. The first-order valence-corrected chi connectivity index (χ1v) is 23.3. The first-order valence-electron chi connectivity index (χ1n) is 23.3. The number of amides is 1. The Morgan fingerprint density at radius 1 is 0.544 bits per heavy atom. The van der Waals surface area contributed by atoms with E-state index in [2.05, 4.69) is 99.0 Å². The highest BCUT2D eigenvalue weighted by atomic mass is 16.5. The van der Waals surface area contributed by atoms with Crippen molar-refractivity contribution in [2.75, 3.05) is 6.61 Å². The molecular formula is C51H87NO5. The van der Waals surface area contributed by atoms with Crippen molar-refractivity contribution in [1.82, 2.24) is 5.32 Å². The molecule has 0 bridgehead atoms. The van der Waals surface area contributed by atoms with Gasteiger partial charge in [-0.05, 0) is 77.0 Å². The van der Waals surface area contributed by atoms with Gasteiger partial charge in [0.1, 0.15) is 6.10 Å². The van der Waals surface area contributed by atoms with E-state index in [0.29, 0.717) is 19.3 Å². The number of rotatable bonds is 40. The Bertz CT molecular complexity index is 1120. The minimum atomic E-state index is -0.816. The van der Waals surface area contributed by atoms with Gasteiger partial charge in [0.2, 0.25) is 5.91 Å². The SMILES string of the molecule is CC/C=C/C/C=C/C/C=C/CCCCCCC(=O)OC(C/C=C\C/C=C\C/C=C\C/C=C\CCCCC)CC(=O)NC(CO)C(O)CCCCCCCCCCC. The fraction of sp³-hybridized carbons (Fsp3) is 0.686. The van der Waals surface area contributed by atoms with E-state index in [0.717, 1.165) is 89.9 Å². The summed E-state index contributed by atoms with van der Waals surface area (Å²) in [6.45, 7) is 6.27. The van der Waals surface area contributed by atoms with Crippen molar-refractivity contribution >= 4 is 11.9 Å². The van der Waals surface area contributed by atoms with Gasteiger partial charge in [0, 0.05) is 12.8 Å². The van der Waals surface area contributed by atoms with Crippen LogP contribution in [0, 0.1) is 0 Å². The molecule has 0 aromatic rings. The van der Waals surface area contributed by atoms with Crippen molar-refractivity contribution in [3.8, 4) is 0 Å². The third-order valence-corrected chi connectivity index (χ3v) is 9.96. The molecule has 3 N–H and O–H groups in total. The summed E-state index contributed by atoms with van der Waals surface area (Å²) in [5.41, 5.74) is 0. The average Bonchev–Trinajstić information content (AvgIpc) is 3.20. The second-order valence-corrected chi connectivity index (χ2v) is 15.4. The Morgan fingerprint density at radius 3 is 1.53 bits per heavy atom. The van der Waals surface area contributed by atoms with Crippen LogP contribution in [-0.2, 0) is 14.3 Å². The van der Waals surface area contributed by atoms with Gasteiger partial charge in [-0.2, -0.15) is 0 Å². The van der Waals surface area contributed by atoms with E-state index in [-0.39, 0.29) is 24.9 Å². The zero-order valence-corrected chi connectivity index (χ0v) is 36.9. The van der Waals surface area contributed by atoms with Crippen LogP contribution >= 0.6 is 0 Å². The Morgan fingerprint density at radius 2 is 0.982 bits per heavy atom.